The molecule has 0 aliphatic carbocycles. The molecule has 0 aromatic heterocycles. The van der Waals surface area contributed by atoms with Crippen LogP contribution in [-0.2, 0) is 0 Å². The normalized spacial score (nSPS) is 19.7. The fourth-order valence-corrected chi connectivity index (χ4v) is 2.82. The third kappa shape index (κ3) is 2.79. The van der Waals surface area contributed by atoms with Crippen LogP contribution >= 0.6 is 0 Å². The van der Waals surface area contributed by atoms with Gasteiger partial charge in [0.25, 0.3) is 0 Å². The molecule has 3 rings (SSSR count). The van der Waals surface area contributed by atoms with E-state index < -0.39 is 0 Å². The van der Waals surface area contributed by atoms with Crippen molar-refractivity contribution in [3.8, 4) is 0 Å². The highest BCUT2D eigenvalue weighted by Crippen LogP contribution is 2.20. The lowest BCUT2D eigenvalue weighted by atomic mass is 10.0. The van der Waals surface area contributed by atoms with Gasteiger partial charge in [0.15, 0.2) is 0 Å². The van der Waals surface area contributed by atoms with Crippen LogP contribution in [0, 0.1) is 0 Å². The monoisotopic (exact) mass is 271 g/mol. The number of likely N-dealkylation sites (tertiary alicyclic amines) is 1. The van der Waals surface area contributed by atoms with E-state index >= 15 is 0 Å². The third-order valence-corrected chi connectivity index (χ3v) is 4.06. The minimum Gasteiger partial charge on any atom is -0.371 e. The summed E-state index contributed by atoms with van der Waals surface area (Å²) in [5, 5.41) is 3.13. The van der Waals surface area contributed by atoms with E-state index in [1.54, 1.807) is 0 Å². The molecule has 4 heteroatoms. The molecule has 2 heterocycles. The number of amides is 2. The molecule has 0 atom stereocenters. The van der Waals surface area contributed by atoms with E-state index in [1.807, 2.05) is 11.0 Å². The summed E-state index contributed by atoms with van der Waals surface area (Å²) in [6, 6.07) is 10.8. The Labute approximate surface area is 120 Å². The van der Waals surface area contributed by atoms with Crippen molar-refractivity contribution < 1.29 is 4.79 Å². The summed E-state index contributed by atoms with van der Waals surface area (Å²) in [6.45, 7) is 7.29. The largest absolute Gasteiger partial charge is 0.371 e. The number of hydrogen-bond acceptors (Lipinski definition) is 2. The Morgan fingerprint density at radius 3 is 2.40 bits per heavy atom. The first-order valence-corrected chi connectivity index (χ1v) is 7.24. The number of benzene rings is 1. The zero-order chi connectivity index (χ0) is 13.9. The lowest BCUT2D eigenvalue weighted by molar-refractivity contribution is 0.185. The van der Waals surface area contributed by atoms with Crippen LogP contribution in [0.1, 0.15) is 12.8 Å². The highest BCUT2D eigenvalue weighted by Gasteiger charge is 2.27. The van der Waals surface area contributed by atoms with E-state index in [2.05, 4.69) is 41.1 Å². The standard InChI is InChI=1S/C16H21N3O/c1-13-11-19(12-13)16(20)17-14-7-9-18(10-8-14)15-5-3-2-4-6-15/h2-6,14H,1,7-12H2,(H,17,20). The van der Waals surface area contributed by atoms with Gasteiger partial charge in [-0.3, -0.25) is 0 Å². The number of nitrogens with one attached hydrogen (secondary N) is 1. The van der Waals surface area contributed by atoms with Gasteiger partial charge in [-0.05, 0) is 30.5 Å². The number of anilines is 1. The maximum Gasteiger partial charge on any atom is 0.318 e. The van der Waals surface area contributed by atoms with Gasteiger partial charge in [0.05, 0.1) is 0 Å². The number of hydrogen-bond donors (Lipinski definition) is 1. The third-order valence-electron chi connectivity index (χ3n) is 4.06. The van der Waals surface area contributed by atoms with Crippen LogP contribution in [0.4, 0.5) is 10.5 Å². The van der Waals surface area contributed by atoms with E-state index in [0.29, 0.717) is 19.1 Å². The van der Waals surface area contributed by atoms with Gasteiger partial charge < -0.3 is 15.1 Å². The smallest absolute Gasteiger partial charge is 0.318 e. The zero-order valence-corrected chi connectivity index (χ0v) is 11.7. The Hall–Kier alpha value is -1.97. The summed E-state index contributed by atoms with van der Waals surface area (Å²) in [4.78, 5) is 16.1. The highest BCUT2D eigenvalue weighted by molar-refractivity contribution is 5.76. The van der Waals surface area contributed by atoms with Gasteiger partial charge in [0, 0.05) is 37.9 Å². The van der Waals surface area contributed by atoms with Crippen molar-refractivity contribution in [1.29, 1.82) is 0 Å². The molecule has 1 aromatic rings. The fraction of sp³-hybridized carbons (Fsp3) is 0.438. The molecule has 2 fully saturated rings. The van der Waals surface area contributed by atoms with E-state index in [4.69, 9.17) is 0 Å². The minimum atomic E-state index is 0.0653. The van der Waals surface area contributed by atoms with Crippen LogP contribution in [0.25, 0.3) is 0 Å². The van der Waals surface area contributed by atoms with Crippen LogP contribution in [0.5, 0.6) is 0 Å². The quantitative estimate of drug-likeness (QED) is 0.837. The van der Waals surface area contributed by atoms with Crippen LogP contribution in [-0.4, -0.2) is 43.2 Å². The van der Waals surface area contributed by atoms with Crippen LogP contribution in [0.2, 0.25) is 0 Å². The van der Waals surface area contributed by atoms with Crippen molar-refractivity contribution in [2.24, 2.45) is 0 Å². The van der Waals surface area contributed by atoms with Crippen molar-refractivity contribution in [3.63, 3.8) is 0 Å². The second-order valence-corrected chi connectivity index (χ2v) is 5.65. The fourth-order valence-electron chi connectivity index (χ4n) is 2.82. The molecule has 0 bridgehead atoms. The van der Waals surface area contributed by atoms with Gasteiger partial charge >= 0.3 is 6.03 Å². The SMILES string of the molecule is C=C1CN(C(=O)NC2CCN(c3ccccc3)CC2)C1. The molecule has 2 aliphatic rings. The molecule has 0 unspecified atom stereocenters. The molecule has 1 N–H and O–H groups in total. The van der Waals surface area contributed by atoms with Crippen LogP contribution in [0.3, 0.4) is 0 Å². The molecule has 2 saturated heterocycles. The summed E-state index contributed by atoms with van der Waals surface area (Å²) in [5.74, 6) is 0. The molecule has 0 saturated carbocycles. The number of carbonyl (C=O) groups is 1. The molecule has 4 nitrogen and oxygen atoms in total. The van der Waals surface area contributed by atoms with Gasteiger partial charge in [-0.2, -0.15) is 0 Å². The Morgan fingerprint density at radius 2 is 1.80 bits per heavy atom. The molecule has 20 heavy (non-hydrogen) atoms. The van der Waals surface area contributed by atoms with Crippen LogP contribution in [0.15, 0.2) is 42.5 Å². The first-order chi connectivity index (χ1) is 9.72. The molecule has 0 radical (unpaired) electrons. The number of carbonyl (C=O) groups excluding carboxylic acids is 1. The molecule has 0 spiro atoms. The van der Waals surface area contributed by atoms with E-state index in [9.17, 15) is 4.79 Å². The predicted octanol–water partition coefficient (Wildman–Crippen LogP) is 2.24. The second-order valence-electron chi connectivity index (χ2n) is 5.65. The lowest BCUT2D eigenvalue weighted by Gasteiger charge is -2.37. The van der Waals surface area contributed by atoms with Gasteiger partial charge in [0.2, 0.25) is 0 Å². The summed E-state index contributed by atoms with van der Waals surface area (Å²) in [5.41, 5.74) is 2.41. The van der Waals surface area contributed by atoms with Crippen LogP contribution < -0.4 is 10.2 Å². The summed E-state index contributed by atoms with van der Waals surface area (Å²) < 4.78 is 0. The minimum absolute atomic E-state index is 0.0653. The Bertz CT molecular complexity index is 484. The van der Waals surface area contributed by atoms with Gasteiger partial charge in [-0.1, -0.05) is 24.8 Å². The number of urea groups is 1. The number of para-hydroxylation sites is 1. The van der Waals surface area contributed by atoms with Crippen molar-refractivity contribution in [2.75, 3.05) is 31.1 Å². The van der Waals surface area contributed by atoms with E-state index in [-0.39, 0.29) is 6.03 Å². The number of rotatable bonds is 2. The average Bonchev–Trinajstić information content (AvgIpc) is 2.45. The Balaban J connectivity index is 1.47. The molecule has 2 aliphatic heterocycles. The molecule has 2 amide bonds. The molecule has 106 valence electrons. The first kappa shape index (κ1) is 13.0. The van der Waals surface area contributed by atoms with E-state index in [1.165, 1.54) is 5.69 Å². The topological polar surface area (TPSA) is 35.6 Å². The Kier molecular flexibility index (Phi) is 3.63. The molecular weight excluding hydrogens is 250 g/mol. The predicted molar refractivity (Wildman–Crippen MR) is 80.9 cm³/mol. The average molecular weight is 271 g/mol. The zero-order valence-electron chi connectivity index (χ0n) is 11.7. The van der Waals surface area contributed by atoms with Crippen molar-refractivity contribution in [2.45, 2.75) is 18.9 Å². The maximum atomic E-state index is 12.0. The van der Waals surface area contributed by atoms with Gasteiger partial charge in [-0.15, -0.1) is 0 Å². The number of nitrogens with zero attached hydrogens (tertiary/aromatic N) is 2. The second kappa shape index (κ2) is 5.57. The summed E-state index contributed by atoms with van der Waals surface area (Å²) in [7, 11) is 0. The molecular formula is C16H21N3O. The Morgan fingerprint density at radius 1 is 1.15 bits per heavy atom. The summed E-state index contributed by atoms with van der Waals surface area (Å²) in [6.07, 6.45) is 2.02. The summed E-state index contributed by atoms with van der Waals surface area (Å²) >= 11 is 0. The van der Waals surface area contributed by atoms with Crippen molar-refractivity contribution >= 4 is 11.7 Å². The van der Waals surface area contributed by atoms with Crippen molar-refractivity contribution in [3.05, 3.63) is 42.5 Å². The lowest BCUT2D eigenvalue weighted by Crippen LogP contribution is -2.53. The van der Waals surface area contributed by atoms with Gasteiger partial charge in [-0.25, -0.2) is 4.79 Å². The highest BCUT2D eigenvalue weighted by atomic mass is 16.2. The van der Waals surface area contributed by atoms with Crippen molar-refractivity contribution in [1.82, 2.24) is 10.2 Å². The maximum absolute atomic E-state index is 12.0. The number of piperidine rings is 1. The van der Waals surface area contributed by atoms with Gasteiger partial charge in [0.1, 0.15) is 0 Å². The first-order valence-electron chi connectivity index (χ1n) is 7.24. The van der Waals surface area contributed by atoms with E-state index in [0.717, 1.165) is 31.5 Å². The molecule has 1 aromatic carbocycles.